The van der Waals surface area contributed by atoms with Crippen LogP contribution in [0.15, 0.2) is 30.3 Å². The molecule has 1 amide bonds. The summed E-state index contributed by atoms with van der Waals surface area (Å²) in [6, 6.07) is 9.27. The summed E-state index contributed by atoms with van der Waals surface area (Å²) in [6.07, 6.45) is 0.312. The fourth-order valence-corrected chi connectivity index (χ4v) is 3.18. The molecule has 132 valence electrons. The van der Waals surface area contributed by atoms with Crippen molar-refractivity contribution in [2.24, 2.45) is 0 Å². The molecule has 2 aromatic carbocycles. The number of hydrogen-bond donors (Lipinski definition) is 1. The number of anilines is 1. The Morgan fingerprint density at radius 1 is 0.840 bits per heavy atom. The van der Waals surface area contributed by atoms with E-state index in [4.69, 9.17) is 18.9 Å². The Labute approximate surface area is 146 Å². The zero-order chi connectivity index (χ0) is 18.0. The van der Waals surface area contributed by atoms with Crippen LogP contribution in [0.3, 0.4) is 0 Å². The smallest absolute Gasteiger partial charge is 0.225 e. The second-order valence-corrected chi connectivity index (χ2v) is 5.71. The van der Waals surface area contributed by atoms with Gasteiger partial charge in [0.15, 0.2) is 11.5 Å². The molecule has 0 saturated carbocycles. The van der Waals surface area contributed by atoms with Gasteiger partial charge in [0.25, 0.3) is 0 Å². The van der Waals surface area contributed by atoms with E-state index in [0.29, 0.717) is 35.1 Å². The van der Waals surface area contributed by atoms with Gasteiger partial charge in [-0.25, -0.2) is 0 Å². The van der Waals surface area contributed by atoms with Crippen LogP contribution >= 0.6 is 0 Å². The molecule has 6 heteroatoms. The Bertz CT molecular complexity index is 803. The maximum atomic E-state index is 12.3. The van der Waals surface area contributed by atoms with Crippen molar-refractivity contribution < 1.29 is 23.7 Å². The normalized spacial score (nSPS) is 15.8. The van der Waals surface area contributed by atoms with E-state index in [1.807, 2.05) is 24.3 Å². The summed E-state index contributed by atoms with van der Waals surface area (Å²) in [5.41, 5.74) is 2.55. The number of ether oxygens (including phenoxy) is 4. The first kappa shape index (κ1) is 17.0. The molecule has 1 atom stereocenters. The quantitative estimate of drug-likeness (QED) is 0.903. The summed E-state index contributed by atoms with van der Waals surface area (Å²) in [5.74, 6) is 2.37. The molecule has 3 rings (SSSR count). The number of rotatable bonds is 5. The number of fused-ring (bicyclic) bond motifs is 1. The number of carbonyl (C=O) groups is 1. The average Bonchev–Trinajstić information content (AvgIpc) is 2.65. The molecule has 0 aromatic heterocycles. The van der Waals surface area contributed by atoms with Crippen molar-refractivity contribution in [1.29, 1.82) is 0 Å². The van der Waals surface area contributed by atoms with Crippen LogP contribution in [0.25, 0.3) is 0 Å². The van der Waals surface area contributed by atoms with Crippen molar-refractivity contribution in [3.63, 3.8) is 0 Å². The van der Waals surface area contributed by atoms with Crippen molar-refractivity contribution in [3.05, 3.63) is 41.5 Å². The van der Waals surface area contributed by atoms with E-state index in [0.717, 1.165) is 11.1 Å². The number of carbonyl (C=O) groups excluding carboxylic acids is 1. The zero-order valence-electron chi connectivity index (χ0n) is 14.7. The summed E-state index contributed by atoms with van der Waals surface area (Å²) in [7, 11) is 6.38. The Morgan fingerprint density at radius 2 is 1.52 bits per heavy atom. The van der Waals surface area contributed by atoms with Gasteiger partial charge in [-0.2, -0.15) is 0 Å². The molecule has 0 saturated heterocycles. The fourth-order valence-electron chi connectivity index (χ4n) is 3.18. The van der Waals surface area contributed by atoms with Crippen LogP contribution in [0.1, 0.15) is 23.5 Å². The molecule has 1 aliphatic heterocycles. The zero-order valence-corrected chi connectivity index (χ0v) is 14.7. The lowest BCUT2D eigenvalue weighted by atomic mass is 9.84. The molecule has 0 unspecified atom stereocenters. The average molecular weight is 343 g/mol. The van der Waals surface area contributed by atoms with Gasteiger partial charge in [0.1, 0.15) is 11.5 Å². The minimum Gasteiger partial charge on any atom is -0.497 e. The van der Waals surface area contributed by atoms with Crippen LogP contribution in [0.5, 0.6) is 23.0 Å². The number of benzene rings is 2. The van der Waals surface area contributed by atoms with E-state index in [2.05, 4.69) is 5.32 Å². The summed E-state index contributed by atoms with van der Waals surface area (Å²) in [5, 5.41) is 2.91. The summed E-state index contributed by atoms with van der Waals surface area (Å²) in [4.78, 5) is 12.3. The van der Waals surface area contributed by atoms with E-state index in [9.17, 15) is 4.79 Å². The van der Waals surface area contributed by atoms with Crippen LogP contribution in [0.2, 0.25) is 0 Å². The van der Waals surface area contributed by atoms with Gasteiger partial charge in [-0.1, -0.05) is 0 Å². The van der Waals surface area contributed by atoms with Crippen molar-refractivity contribution in [3.8, 4) is 23.0 Å². The largest absolute Gasteiger partial charge is 0.497 e. The summed E-state index contributed by atoms with van der Waals surface area (Å²) < 4.78 is 21.6. The molecule has 0 radical (unpaired) electrons. The van der Waals surface area contributed by atoms with Crippen LogP contribution < -0.4 is 24.3 Å². The van der Waals surface area contributed by atoms with E-state index in [-0.39, 0.29) is 11.8 Å². The molecular weight excluding hydrogens is 322 g/mol. The molecule has 0 bridgehead atoms. The van der Waals surface area contributed by atoms with Gasteiger partial charge in [-0.3, -0.25) is 4.79 Å². The van der Waals surface area contributed by atoms with Gasteiger partial charge in [-0.05, 0) is 29.8 Å². The standard InChI is InChI=1S/C19H21NO5/c1-22-11-5-6-16(23-2)14(7-11)12-9-19(21)20-15-10-18(25-4)17(24-3)8-13(12)15/h5-8,10,12H,9H2,1-4H3,(H,20,21)/t12-/m0/s1. The van der Waals surface area contributed by atoms with Crippen molar-refractivity contribution in [2.45, 2.75) is 12.3 Å². The lowest BCUT2D eigenvalue weighted by molar-refractivity contribution is -0.116. The molecule has 0 fully saturated rings. The Hall–Kier alpha value is -2.89. The van der Waals surface area contributed by atoms with Gasteiger partial charge in [0, 0.05) is 29.7 Å². The maximum absolute atomic E-state index is 12.3. The minimum atomic E-state index is -0.173. The number of methoxy groups -OCH3 is 4. The predicted octanol–water partition coefficient (Wildman–Crippen LogP) is 3.20. The topological polar surface area (TPSA) is 66.0 Å². The van der Waals surface area contributed by atoms with Crippen molar-refractivity contribution >= 4 is 11.6 Å². The number of amides is 1. The molecule has 0 aliphatic carbocycles. The highest BCUT2D eigenvalue weighted by molar-refractivity contribution is 5.96. The van der Waals surface area contributed by atoms with Crippen LogP contribution in [-0.2, 0) is 4.79 Å². The third-order valence-electron chi connectivity index (χ3n) is 4.41. The maximum Gasteiger partial charge on any atom is 0.225 e. The fraction of sp³-hybridized carbons (Fsp3) is 0.316. The molecule has 6 nitrogen and oxygen atoms in total. The molecule has 1 aliphatic rings. The van der Waals surface area contributed by atoms with Gasteiger partial charge >= 0.3 is 0 Å². The minimum absolute atomic E-state index is 0.0606. The Balaban J connectivity index is 2.18. The molecule has 0 spiro atoms. The Kier molecular flexibility index (Phi) is 4.70. The highest BCUT2D eigenvalue weighted by atomic mass is 16.5. The number of hydrogen-bond acceptors (Lipinski definition) is 5. The summed E-state index contributed by atoms with van der Waals surface area (Å²) >= 11 is 0. The van der Waals surface area contributed by atoms with Gasteiger partial charge in [0.2, 0.25) is 5.91 Å². The van der Waals surface area contributed by atoms with Crippen LogP contribution in [0.4, 0.5) is 5.69 Å². The monoisotopic (exact) mass is 343 g/mol. The summed E-state index contributed by atoms with van der Waals surface area (Å²) in [6.45, 7) is 0. The number of nitrogens with one attached hydrogen (secondary N) is 1. The first-order valence-electron chi connectivity index (χ1n) is 7.89. The second kappa shape index (κ2) is 6.93. The molecule has 1 heterocycles. The van der Waals surface area contributed by atoms with E-state index in [1.165, 1.54) is 0 Å². The van der Waals surface area contributed by atoms with Crippen LogP contribution in [0, 0.1) is 0 Å². The lowest BCUT2D eigenvalue weighted by Gasteiger charge is -2.28. The third-order valence-corrected chi connectivity index (χ3v) is 4.41. The molecular formula is C19H21NO5. The lowest BCUT2D eigenvalue weighted by Crippen LogP contribution is -2.24. The van der Waals surface area contributed by atoms with Crippen LogP contribution in [-0.4, -0.2) is 34.3 Å². The van der Waals surface area contributed by atoms with Gasteiger partial charge in [0.05, 0.1) is 28.4 Å². The molecule has 2 aromatic rings. The van der Waals surface area contributed by atoms with Gasteiger partial charge < -0.3 is 24.3 Å². The highest BCUT2D eigenvalue weighted by Crippen LogP contribution is 2.45. The molecule has 1 N–H and O–H groups in total. The van der Waals surface area contributed by atoms with Gasteiger partial charge in [-0.15, -0.1) is 0 Å². The first-order valence-corrected chi connectivity index (χ1v) is 7.89. The third kappa shape index (κ3) is 3.07. The second-order valence-electron chi connectivity index (χ2n) is 5.71. The van der Waals surface area contributed by atoms with E-state index in [1.54, 1.807) is 34.5 Å². The molecule has 25 heavy (non-hydrogen) atoms. The van der Waals surface area contributed by atoms with E-state index >= 15 is 0 Å². The Morgan fingerprint density at radius 3 is 2.16 bits per heavy atom. The first-order chi connectivity index (χ1) is 12.1. The highest BCUT2D eigenvalue weighted by Gasteiger charge is 2.30. The predicted molar refractivity (Wildman–Crippen MR) is 94.2 cm³/mol. The van der Waals surface area contributed by atoms with Crippen molar-refractivity contribution in [2.75, 3.05) is 33.8 Å². The SMILES string of the molecule is COc1ccc(OC)c([C@H]2CC(=O)Nc3cc(OC)c(OC)cc32)c1. The van der Waals surface area contributed by atoms with E-state index < -0.39 is 0 Å². The van der Waals surface area contributed by atoms with Crippen molar-refractivity contribution in [1.82, 2.24) is 0 Å².